The van der Waals surface area contributed by atoms with Gasteiger partial charge in [0, 0.05) is 18.1 Å². The van der Waals surface area contributed by atoms with Crippen molar-refractivity contribution in [3.05, 3.63) is 31.5 Å². The summed E-state index contributed by atoms with van der Waals surface area (Å²) in [7, 11) is 1.77. The standard InChI is InChI=1S/C17H20IN3O3S/c1-3-8-24-17(23)13-10-6-4-5-7-12(10)25-16(13)19-15(22)14-11(18)9-21(2)20-14/h9H,3-8H2,1-2H3,(H,19,22). The zero-order valence-corrected chi connectivity index (χ0v) is 17.2. The summed E-state index contributed by atoms with van der Waals surface area (Å²) in [5.41, 5.74) is 1.94. The number of halogens is 1. The minimum absolute atomic E-state index is 0.298. The van der Waals surface area contributed by atoms with Crippen LogP contribution >= 0.6 is 33.9 Å². The van der Waals surface area contributed by atoms with Crippen LogP contribution in [0.1, 0.15) is 57.5 Å². The predicted molar refractivity (Wildman–Crippen MR) is 105 cm³/mol. The molecule has 134 valence electrons. The fraction of sp³-hybridized carbons (Fsp3) is 0.471. The highest BCUT2D eigenvalue weighted by molar-refractivity contribution is 14.1. The first-order valence-electron chi connectivity index (χ1n) is 8.33. The Hall–Kier alpha value is -1.42. The van der Waals surface area contributed by atoms with E-state index in [1.165, 1.54) is 16.2 Å². The first kappa shape index (κ1) is 18.4. The van der Waals surface area contributed by atoms with Gasteiger partial charge in [0.05, 0.1) is 15.7 Å². The smallest absolute Gasteiger partial charge is 0.341 e. The second kappa shape index (κ2) is 7.86. The van der Waals surface area contributed by atoms with Gasteiger partial charge in [0.25, 0.3) is 5.91 Å². The van der Waals surface area contributed by atoms with E-state index in [1.54, 1.807) is 17.9 Å². The average molecular weight is 473 g/mol. The summed E-state index contributed by atoms with van der Waals surface area (Å²) < 4.78 is 7.73. The number of nitrogens with zero attached hydrogens (tertiary/aromatic N) is 2. The number of carbonyl (C=O) groups is 2. The molecule has 8 heteroatoms. The van der Waals surface area contributed by atoms with Crippen LogP contribution in [0.5, 0.6) is 0 Å². The monoisotopic (exact) mass is 473 g/mol. The molecule has 0 atom stereocenters. The molecule has 2 heterocycles. The number of aryl methyl sites for hydroxylation is 2. The van der Waals surface area contributed by atoms with Crippen LogP contribution in [0.2, 0.25) is 0 Å². The summed E-state index contributed by atoms with van der Waals surface area (Å²) in [6.07, 6.45) is 6.54. The van der Waals surface area contributed by atoms with E-state index in [0.29, 0.717) is 22.9 Å². The fourth-order valence-electron chi connectivity index (χ4n) is 2.91. The summed E-state index contributed by atoms with van der Waals surface area (Å²) in [5, 5.41) is 7.67. The number of thiophene rings is 1. The van der Waals surface area contributed by atoms with E-state index < -0.39 is 0 Å². The van der Waals surface area contributed by atoms with Gasteiger partial charge in [0.1, 0.15) is 5.00 Å². The summed E-state index contributed by atoms with van der Waals surface area (Å²) in [6.45, 7) is 2.34. The molecule has 0 radical (unpaired) electrons. The van der Waals surface area contributed by atoms with Crippen LogP contribution in [0.25, 0.3) is 0 Å². The van der Waals surface area contributed by atoms with Crippen molar-refractivity contribution in [1.82, 2.24) is 9.78 Å². The number of fused-ring (bicyclic) bond motifs is 1. The first-order chi connectivity index (χ1) is 12.0. The number of esters is 1. The molecule has 1 aliphatic carbocycles. The maximum atomic E-state index is 12.6. The van der Waals surface area contributed by atoms with Crippen molar-refractivity contribution in [3.8, 4) is 0 Å². The zero-order valence-electron chi connectivity index (χ0n) is 14.2. The van der Waals surface area contributed by atoms with Crippen LogP contribution in [-0.4, -0.2) is 28.3 Å². The van der Waals surface area contributed by atoms with Crippen LogP contribution in [-0.2, 0) is 24.6 Å². The molecule has 1 N–H and O–H groups in total. The molecular weight excluding hydrogens is 453 g/mol. The van der Waals surface area contributed by atoms with Gasteiger partial charge in [-0.15, -0.1) is 11.3 Å². The van der Waals surface area contributed by atoms with Gasteiger partial charge in [0.2, 0.25) is 0 Å². The molecule has 0 unspecified atom stereocenters. The molecule has 2 aromatic heterocycles. The Bertz CT molecular complexity index is 812. The van der Waals surface area contributed by atoms with E-state index >= 15 is 0 Å². The van der Waals surface area contributed by atoms with Gasteiger partial charge in [-0.25, -0.2) is 4.79 Å². The van der Waals surface area contributed by atoms with E-state index in [-0.39, 0.29) is 11.9 Å². The number of nitrogens with one attached hydrogen (secondary N) is 1. The van der Waals surface area contributed by atoms with Crippen LogP contribution < -0.4 is 5.32 Å². The number of hydrogen-bond acceptors (Lipinski definition) is 5. The molecule has 0 spiro atoms. The quantitative estimate of drug-likeness (QED) is 0.530. The summed E-state index contributed by atoms with van der Waals surface area (Å²) in [4.78, 5) is 26.4. The second-order valence-electron chi connectivity index (χ2n) is 6.00. The Morgan fingerprint density at radius 3 is 2.84 bits per heavy atom. The molecule has 0 saturated heterocycles. The van der Waals surface area contributed by atoms with Crippen molar-refractivity contribution in [1.29, 1.82) is 0 Å². The fourth-order valence-corrected chi connectivity index (χ4v) is 4.94. The minimum atomic E-state index is -0.340. The average Bonchev–Trinajstić information content (AvgIpc) is 3.11. The Labute approximate surface area is 164 Å². The van der Waals surface area contributed by atoms with Gasteiger partial charge in [-0.2, -0.15) is 5.10 Å². The summed E-state index contributed by atoms with van der Waals surface area (Å²) in [5.74, 6) is -0.639. The van der Waals surface area contributed by atoms with E-state index in [2.05, 4.69) is 33.0 Å². The van der Waals surface area contributed by atoms with Crippen LogP contribution in [0.15, 0.2) is 6.20 Å². The molecule has 0 aromatic carbocycles. The zero-order chi connectivity index (χ0) is 18.0. The van der Waals surface area contributed by atoms with Gasteiger partial charge in [-0.1, -0.05) is 6.92 Å². The molecule has 1 amide bonds. The third-order valence-electron chi connectivity index (χ3n) is 4.04. The first-order valence-corrected chi connectivity index (χ1v) is 10.2. The van der Waals surface area contributed by atoms with Crippen molar-refractivity contribution in [2.24, 2.45) is 7.05 Å². The lowest BCUT2D eigenvalue weighted by atomic mass is 9.95. The molecule has 6 nitrogen and oxygen atoms in total. The molecule has 0 bridgehead atoms. The largest absolute Gasteiger partial charge is 0.462 e. The Morgan fingerprint density at radius 2 is 2.16 bits per heavy atom. The number of amides is 1. The highest BCUT2D eigenvalue weighted by atomic mass is 127. The van der Waals surface area contributed by atoms with E-state index in [0.717, 1.165) is 41.2 Å². The Kier molecular flexibility index (Phi) is 5.78. The van der Waals surface area contributed by atoms with Gasteiger partial charge in [-0.3, -0.25) is 9.48 Å². The lowest BCUT2D eigenvalue weighted by Crippen LogP contribution is -2.17. The van der Waals surface area contributed by atoms with Crippen molar-refractivity contribution in [3.63, 3.8) is 0 Å². The van der Waals surface area contributed by atoms with Crippen LogP contribution in [0.3, 0.4) is 0 Å². The summed E-state index contributed by atoms with van der Waals surface area (Å²) >= 11 is 3.57. The van der Waals surface area contributed by atoms with Gasteiger partial charge in [0.15, 0.2) is 5.69 Å². The topological polar surface area (TPSA) is 73.2 Å². The molecule has 0 fully saturated rings. The second-order valence-corrected chi connectivity index (χ2v) is 8.27. The minimum Gasteiger partial charge on any atom is -0.462 e. The summed E-state index contributed by atoms with van der Waals surface area (Å²) in [6, 6.07) is 0. The van der Waals surface area contributed by atoms with E-state index in [1.807, 2.05) is 6.92 Å². The van der Waals surface area contributed by atoms with Crippen molar-refractivity contribution in [2.75, 3.05) is 11.9 Å². The van der Waals surface area contributed by atoms with Crippen LogP contribution in [0.4, 0.5) is 5.00 Å². The van der Waals surface area contributed by atoms with Crippen LogP contribution in [0, 0.1) is 3.57 Å². The van der Waals surface area contributed by atoms with Gasteiger partial charge < -0.3 is 10.1 Å². The van der Waals surface area contributed by atoms with E-state index in [4.69, 9.17) is 4.74 Å². The number of carbonyl (C=O) groups excluding carboxylic acids is 2. The SMILES string of the molecule is CCCOC(=O)c1c(NC(=O)c2nn(C)cc2I)sc2c1CCCC2. The Balaban J connectivity index is 1.92. The predicted octanol–water partition coefficient (Wildman–Crippen LogP) is 3.78. The number of anilines is 1. The molecule has 1 aliphatic rings. The molecular formula is C17H20IN3O3S. The number of aromatic nitrogens is 2. The Morgan fingerprint density at radius 1 is 1.40 bits per heavy atom. The number of hydrogen-bond donors (Lipinski definition) is 1. The highest BCUT2D eigenvalue weighted by Crippen LogP contribution is 2.38. The van der Waals surface area contributed by atoms with E-state index in [9.17, 15) is 9.59 Å². The molecule has 2 aromatic rings. The molecule has 3 rings (SSSR count). The highest BCUT2D eigenvalue weighted by Gasteiger charge is 2.28. The number of rotatable bonds is 5. The van der Waals surface area contributed by atoms with Crippen molar-refractivity contribution in [2.45, 2.75) is 39.0 Å². The lowest BCUT2D eigenvalue weighted by molar-refractivity contribution is 0.0505. The third kappa shape index (κ3) is 3.89. The number of ether oxygens (including phenoxy) is 1. The van der Waals surface area contributed by atoms with Gasteiger partial charge >= 0.3 is 5.97 Å². The maximum absolute atomic E-state index is 12.6. The van der Waals surface area contributed by atoms with Crippen molar-refractivity contribution >= 4 is 50.8 Å². The maximum Gasteiger partial charge on any atom is 0.341 e. The normalized spacial score (nSPS) is 13.4. The lowest BCUT2D eigenvalue weighted by Gasteiger charge is -2.12. The molecule has 0 saturated carbocycles. The third-order valence-corrected chi connectivity index (χ3v) is 6.04. The van der Waals surface area contributed by atoms with Gasteiger partial charge in [-0.05, 0) is 60.3 Å². The van der Waals surface area contributed by atoms with Crippen molar-refractivity contribution < 1.29 is 14.3 Å². The molecule has 0 aliphatic heterocycles. The molecule has 25 heavy (non-hydrogen) atoms.